The Morgan fingerprint density at radius 1 is 1.55 bits per heavy atom. The standard InChI is InChI=1S/C8H9N3/c1-7-2-3-10-11-5-4-9-8(11)6-7/h3-6H,2H2,1H3. The van der Waals surface area contributed by atoms with Crippen molar-refractivity contribution in [2.45, 2.75) is 13.3 Å². The summed E-state index contributed by atoms with van der Waals surface area (Å²) in [5, 5.41) is 4.17. The number of imidazole rings is 1. The molecule has 0 aromatic carbocycles. The van der Waals surface area contributed by atoms with Crippen LogP contribution in [0.1, 0.15) is 19.2 Å². The summed E-state index contributed by atoms with van der Waals surface area (Å²) in [4.78, 5) is 4.14. The summed E-state index contributed by atoms with van der Waals surface area (Å²) in [5.74, 6) is 0.913. The fourth-order valence-corrected chi connectivity index (χ4v) is 1.06. The van der Waals surface area contributed by atoms with Gasteiger partial charge >= 0.3 is 0 Å². The Labute approximate surface area is 65.1 Å². The molecule has 2 heterocycles. The minimum atomic E-state index is 0.913. The maximum absolute atomic E-state index is 4.17. The third kappa shape index (κ3) is 1.09. The van der Waals surface area contributed by atoms with Gasteiger partial charge in [-0.15, -0.1) is 0 Å². The van der Waals surface area contributed by atoms with E-state index in [0.29, 0.717) is 0 Å². The molecule has 0 atom stereocenters. The van der Waals surface area contributed by atoms with Gasteiger partial charge in [0.1, 0.15) is 0 Å². The van der Waals surface area contributed by atoms with E-state index in [1.54, 1.807) is 10.9 Å². The Hall–Kier alpha value is -1.38. The number of rotatable bonds is 0. The lowest BCUT2D eigenvalue weighted by Gasteiger charge is -1.91. The molecule has 0 bridgehead atoms. The van der Waals surface area contributed by atoms with E-state index in [4.69, 9.17) is 0 Å². The SMILES string of the molecule is CC1=Cc2nccn2N=CC1. The van der Waals surface area contributed by atoms with Crippen molar-refractivity contribution in [3.63, 3.8) is 0 Å². The average molecular weight is 147 g/mol. The van der Waals surface area contributed by atoms with Crippen LogP contribution in [0.3, 0.4) is 0 Å². The van der Waals surface area contributed by atoms with Gasteiger partial charge < -0.3 is 0 Å². The van der Waals surface area contributed by atoms with Crippen molar-refractivity contribution in [2.24, 2.45) is 5.10 Å². The van der Waals surface area contributed by atoms with E-state index in [1.807, 2.05) is 18.5 Å². The van der Waals surface area contributed by atoms with Gasteiger partial charge in [-0.25, -0.2) is 9.66 Å². The van der Waals surface area contributed by atoms with Crippen molar-refractivity contribution < 1.29 is 0 Å². The topological polar surface area (TPSA) is 30.2 Å². The van der Waals surface area contributed by atoms with Gasteiger partial charge in [0.05, 0.1) is 0 Å². The molecule has 2 rings (SSSR count). The second-order valence-electron chi connectivity index (χ2n) is 2.62. The zero-order valence-electron chi connectivity index (χ0n) is 6.36. The molecule has 0 N–H and O–H groups in total. The van der Waals surface area contributed by atoms with Gasteiger partial charge in [-0.2, -0.15) is 5.10 Å². The number of aromatic nitrogens is 2. The first-order chi connectivity index (χ1) is 5.36. The lowest BCUT2D eigenvalue weighted by atomic mass is 10.2. The largest absolute Gasteiger partial charge is 0.236 e. The first kappa shape index (κ1) is 6.34. The molecule has 0 saturated carbocycles. The summed E-state index contributed by atoms with van der Waals surface area (Å²) < 4.78 is 1.77. The van der Waals surface area contributed by atoms with E-state index in [0.717, 1.165) is 12.2 Å². The summed E-state index contributed by atoms with van der Waals surface area (Å²) in [5.41, 5.74) is 1.29. The molecule has 3 nitrogen and oxygen atoms in total. The molecular formula is C8H9N3. The maximum atomic E-state index is 4.17. The molecule has 0 radical (unpaired) electrons. The summed E-state index contributed by atoms with van der Waals surface area (Å²) >= 11 is 0. The highest BCUT2D eigenvalue weighted by Gasteiger charge is 2.00. The second-order valence-corrected chi connectivity index (χ2v) is 2.62. The molecule has 0 aliphatic carbocycles. The van der Waals surface area contributed by atoms with Gasteiger partial charge in [-0.05, 0) is 13.0 Å². The van der Waals surface area contributed by atoms with Crippen LogP contribution in [-0.4, -0.2) is 15.9 Å². The molecule has 1 aromatic rings. The van der Waals surface area contributed by atoms with Gasteiger partial charge in [0.15, 0.2) is 5.82 Å². The first-order valence-electron chi connectivity index (χ1n) is 3.59. The van der Waals surface area contributed by atoms with Crippen LogP contribution in [0.15, 0.2) is 23.1 Å². The second kappa shape index (κ2) is 2.34. The molecule has 0 unspecified atom stereocenters. The molecular weight excluding hydrogens is 138 g/mol. The molecule has 1 aromatic heterocycles. The predicted molar refractivity (Wildman–Crippen MR) is 44.4 cm³/mol. The van der Waals surface area contributed by atoms with Crippen molar-refractivity contribution in [1.82, 2.24) is 9.66 Å². The number of nitrogens with zero attached hydrogens (tertiary/aromatic N) is 3. The zero-order chi connectivity index (χ0) is 7.68. The van der Waals surface area contributed by atoms with E-state index in [9.17, 15) is 0 Å². The lowest BCUT2D eigenvalue weighted by Crippen LogP contribution is -1.88. The molecule has 3 heteroatoms. The molecule has 11 heavy (non-hydrogen) atoms. The molecule has 0 spiro atoms. The zero-order valence-corrected chi connectivity index (χ0v) is 6.36. The highest BCUT2D eigenvalue weighted by atomic mass is 15.4. The van der Waals surface area contributed by atoms with Crippen LogP contribution in [0.4, 0.5) is 0 Å². The first-order valence-corrected chi connectivity index (χ1v) is 3.59. The monoisotopic (exact) mass is 147 g/mol. The highest BCUT2D eigenvalue weighted by molar-refractivity contribution is 5.66. The summed E-state index contributed by atoms with van der Waals surface area (Å²) in [6.07, 6.45) is 8.46. The summed E-state index contributed by atoms with van der Waals surface area (Å²) in [7, 11) is 0. The third-order valence-corrected chi connectivity index (χ3v) is 1.64. The lowest BCUT2D eigenvalue weighted by molar-refractivity contribution is 0.868. The van der Waals surface area contributed by atoms with Crippen molar-refractivity contribution in [2.75, 3.05) is 0 Å². The molecule has 1 aliphatic heterocycles. The fourth-order valence-electron chi connectivity index (χ4n) is 1.06. The summed E-state index contributed by atoms with van der Waals surface area (Å²) in [6.45, 7) is 2.08. The minimum Gasteiger partial charge on any atom is -0.236 e. The van der Waals surface area contributed by atoms with Crippen LogP contribution < -0.4 is 0 Å². The molecule has 56 valence electrons. The van der Waals surface area contributed by atoms with Crippen LogP contribution in [-0.2, 0) is 0 Å². The Morgan fingerprint density at radius 2 is 2.45 bits per heavy atom. The van der Waals surface area contributed by atoms with Gasteiger partial charge in [0, 0.05) is 25.0 Å². The van der Waals surface area contributed by atoms with Crippen LogP contribution in [0.25, 0.3) is 6.08 Å². The van der Waals surface area contributed by atoms with Gasteiger partial charge in [-0.1, -0.05) is 5.57 Å². The molecule has 0 fully saturated rings. The molecule has 0 saturated heterocycles. The van der Waals surface area contributed by atoms with Crippen molar-refractivity contribution >= 4 is 12.3 Å². The van der Waals surface area contributed by atoms with Crippen molar-refractivity contribution in [1.29, 1.82) is 0 Å². The van der Waals surface area contributed by atoms with Crippen molar-refractivity contribution in [3.8, 4) is 0 Å². The highest BCUT2D eigenvalue weighted by Crippen LogP contribution is 2.09. The third-order valence-electron chi connectivity index (χ3n) is 1.64. The molecule has 1 aliphatic rings. The fraction of sp³-hybridized carbons (Fsp3) is 0.250. The Bertz CT molecular complexity index is 320. The Morgan fingerprint density at radius 3 is 3.36 bits per heavy atom. The van der Waals surface area contributed by atoms with Crippen molar-refractivity contribution in [3.05, 3.63) is 23.8 Å². The van der Waals surface area contributed by atoms with Crippen LogP contribution in [0.2, 0.25) is 0 Å². The number of hydrogen-bond donors (Lipinski definition) is 0. The van der Waals surface area contributed by atoms with Crippen LogP contribution in [0, 0.1) is 0 Å². The van der Waals surface area contributed by atoms with E-state index in [1.165, 1.54) is 5.57 Å². The average Bonchev–Trinajstić information content (AvgIpc) is 2.31. The van der Waals surface area contributed by atoms with Crippen LogP contribution >= 0.6 is 0 Å². The van der Waals surface area contributed by atoms with Crippen LogP contribution in [0.5, 0.6) is 0 Å². The number of fused-ring (bicyclic) bond motifs is 1. The van der Waals surface area contributed by atoms with Gasteiger partial charge in [0.25, 0.3) is 0 Å². The van der Waals surface area contributed by atoms with E-state index in [-0.39, 0.29) is 0 Å². The summed E-state index contributed by atoms with van der Waals surface area (Å²) in [6, 6.07) is 0. The minimum absolute atomic E-state index is 0.913. The molecule has 0 amide bonds. The Balaban J connectivity index is 2.55. The predicted octanol–water partition coefficient (Wildman–Crippen LogP) is 1.52. The van der Waals surface area contributed by atoms with Gasteiger partial charge in [-0.3, -0.25) is 0 Å². The Kier molecular flexibility index (Phi) is 1.35. The van der Waals surface area contributed by atoms with E-state index in [2.05, 4.69) is 17.0 Å². The quantitative estimate of drug-likeness (QED) is 0.547. The number of hydrogen-bond acceptors (Lipinski definition) is 2. The number of allylic oxidation sites excluding steroid dienone is 1. The normalized spacial score (nSPS) is 15.5. The maximum Gasteiger partial charge on any atom is 0.153 e. The smallest absolute Gasteiger partial charge is 0.153 e. The van der Waals surface area contributed by atoms with E-state index >= 15 is 0 Å². The van der Waals surface area contributed by atoms with Gasteiger partial charge in [0.2, 0.25) is 0 Å². The van der Waals surface area contributed by atoms with E-state index < -0.39 is 0 Å².